The fraction of sp³-hybridized carbons (Fsp3) is 1.00. The molecule has 0 saturated heterocycles. The monoisotopic (exact) mass is 206 g/mol. The molecule has 0 amide bonds. The van der Waals surface area contributed by atoms with Gasteiger partial charge in [0.1, 0.15) is 0 Å². The van der Waals surface area contributed by atoms with Crippen LogP contribution in [0.25, 0.3) is 0 Å². The maximum atomic E-state index is 2.00. The van der Waals surface area contributed by atoms with Crippen LogP contribution in [0.3, 0.4) is 0 Å². The second kappa shape index (κ2) is 0. The van der Waals surface area contributed by atoms with Gasteiger partial charge in [0.05, 0.1) is 0 Å². The molecule has 0 aromatic rings. The van der Waals surface area contributed by atoms with Crippen molar-refractivity contribution < 1.29 is 0 Å². The van der Waals surface area contributed by atoms with E-state index in [-0.39, 0.29) is 81.7 Å². The van der Waals surface area contributed by atoms with Crippen LogP contribution in [0, 0.1) is 0 Å². The Labute approximate surface area is 96.2 Å². The van der Waals surface area contributed by atoms with Gasteiger partial charge in [0, 0.05) is 0 Å². The zero-order valence-electron chi connectivity index (χ0n) is 2.00. The molecule has 0 saturated carbocycles. The summed E-state index contributed by atoms with van der Waals surface area (Å²) in [6.45, 7) is 4.00. The van der Waals surface area contributed by atoms with E-state index in [9.17, 15) is 0 Å². The van der Waals surface area contributed by atoms with Crippen LogP contribution in [0.15, 0.2) is 0 Å². The summed E-state index contributed by atoms with van der Waals surface area (Å²) in [5, 5.41) is 0. The summed E-state index contributed by atoms with van der Waals surface area (Å²) in [4.78, 5) is 0. The Morgan fingerprint density at radius 1 is 0.231 bits per heavy atom. The molecule has 0 atom stereocenters. The van der Waals surface area contributed by atoms with Crippen molar-refractivity contribution in [3.63, 3.8) is 0 Å². The number of hydrogen-bond donors (Lipinski definition) is 0. The zero-order valence-corrected chi connectivity index (χ0v) is 2.00. The molecular formula is C13H50. The fourth-order valence-electron chi connectivity index (χ4n) is 0. The van der Waals surface area contributed by atoms with Crippen LogP contribution in [0.1, 0.15) is 95.5 Å². The van der Waals surface area contributed by atoms with E-state index in [1.807, 2.05) is 13.8 Å². The highest BCUT2D eigenvalue weighted by molar-refractivity contribution is 3.50. The number of rotatable bonds is 0. The van der Waals surface area contributed by atoms with E-state index in [1.54, 1.807) is 0 Å². The van der Waals surface area contributed by atoms with Gasteiger partial charge in [-0.05, 0) is 0 Å². The lowest BCUT2D eigenvalue weighted by Crippen LogP contribution is -0.856. The molecule has 0 rings (SSSR count). The quantitative estimate of drug-likeness (QED) is 0.376. The topological polar surface area (TPSA) is 0 Å². The highest BCUT2D eigenvalue weighted by Gasteiger charge is 0.932. The first-order valence-electron chi connectivity index (χ1n) is 1.00. The molecule has 0 aliphatic carbocycles. The van der Waals surface area contributed by atoms with Crippen molar-refractivity contribution in [3.05, 3.63) is 0 Å². The molecule has 0 heteroatoms. The van der Waals surface area contributed by atoms with Crippen LogP contribution in [0.2, 0.25) is 0 Å². The van der Waals surface area contributed by atoms with Gasteiger partial charge < -0.3 is 0 Å². The van der Waals surface area contributed by atoms with Gasteiger partial charge in [-0.1, -0.05) is 95.5 Å². The van der Waals surface area contributed by atoms with Crippen LogP contribution in [0.5, 0.6) is 0 Å². The average Bonchev–Trinajstić information content (AvgIpc) is 1.00. The summed E-state index contributed by atoms with van der Waals surface area (Å²) >= 11 is 0. The van der Waals surface area contributed by atoms with Crippen LogP contribution < -0.4 is 0 Å². The van der Waals surface area contributed by atoms with Gasteiger partial charge in [-0.15, -0.1) is 0 Å². The van der Waals surface area contributed by atoms with Crippen molar-refractivity contribution in [1.82, 2.24) is 0 Å². The Hall–Kier alpha value is 0. The first-order chi connectivity index (χ1) is 1.00. The average molecular weight is 207 g/mol. The molecule has 102 valence electrons. The summed E-state index contributed by atoms with van der Waals surface area (Å²) in [6, 6.07) is 0. The standard InChI is InChI=1S/C2H6.11CH4/c1-2;;;;;;;;;;;/h1-2H3;11*1H4. The lowest BCUT2D eigenvalue weighted by molar-refractivity contribution is 1.50. The second-order valence-electron chi connectivity index (χ2n) is 0. The Morgan fingerprint density at radius 3 is 0.231 bits per heavy atom. The molecule has 0 radical (unpaired) electrons. The minimum Gasteiger partial charge on any atom is -0.0776 e. The molecule has 0 aromatic carbocycles. The zero-order chi connectivity index (χ0) is 2.00. The molecule has 0 aliphatic rings. The van der Waals surface area contributed by atoms with E-state index in [0.717, 1.165) is 0 Å². The maximum absolute atomic E-state index is 2.00. The van der Waals surface area contributed by atoms with Crippen molar-refractivity contribution in [2.24, 2.45) is 0 Å². The summed E-state index contributed by atoms with van der Waals surface area (Å²) < 4.78 is 0. The van der Waals surface area contributed by atoms with E-state index in [1.165, 1.54) is 0 Å². The van der Waals surface area contributed by atoms with Crippen molar-refractivity contribution in [2.45, 2.75) is 95.5 Å². The van der Waals surface area contributed by atoms with E-state index < -0.39 is 0 Å². The summed E-state index contributed by atoms with van der Waals surface area (Å²) in [5.74, 6) is 0. The predicted molar refractivity (Wildman–Crippen MR) is 85.4 cm³/mol. The van der Waals surface area contributed by atoms with Crippen molar-refractivity contribution >= 4 is 0 Å². The van der Waals surface area contributed by atoms with Gasteiger partial charge in [0.25, 0.3) is 0 Å². The SMILES string of the molecule is C.C.C.C.C.C.C.C.C.C.C.CC. The largest absolute Gasteiger partial charge is 0.0776 e. The molecule has 0 unspecified atom stereocenters. The maximum Gasteiger partial charge on any atom is -0.0683 e. The van der Waals surface area contributed by atoms with Crippen LogP contribution in [-0.2, 0) is 0 Å². The Bertz CT molecular complexity index is 0. The van der Waals surface area contributed by atoms with Crippen molar-refractivity contribution in [3.8, 4) is 0 Å². The third-order valence-electron chi connectivity index (χ3n) is 0. The van der Waals surface area contributed by atoms with E-state index in [0.29, 0.717) is 0 Å². The molecule has 0 N–H and O–H groups in total. The summed E-state index contributed by atoms with van der Waals surface area (Å²) in [7, 11) is 0. The van der Waals surface area contributed by atoms with Crippen LogP contribution >= 0.6 is 0 Å². The van der Waals surface area contributed by atoms with Crippen molar-refractivity contribution in [2.75, 3.05) is 0 Å². The smallest absolute Gasteiger partial charge is 0.0683 e. The second-order valence-corrected chi connectivity index (χ2v) is 0. The number of hydrogen-bond acceptors (Lipinski definition) is 0. The molecule has 0 fully saturated rings. The van der Waals surface area contributed by atoms with Gasteiger partial charge >= 0.3 is 0 Å². The third kappa shape index (κ3) is 0. The Kier molecular flexibility index (Phi) is 0. The lowest BCUT2D eigenvalue weighted by Gasteiger charge is -1.07. The predicted octanol–water partition coefficient (Wildman–Crippen LogP) is 8.02. The van der Waals surface area contributed by atoms with E-state index in [2.05, 4.69) is 0 Å². The van der Waals surface area contributed by atoms with Crippen LogP contribution in [-0.4, -0.2) is 0 Å². The molecule has 0 nitrogen and oxygen atoms in total. The minimum absolute atomic E-state index is 0. The van der Waals surface area contributed by atoms with Gasteiger partial charge in [0.2, 0.25) is 0 Å². The van der Waals surface area contributed by atoms with Crippen LogP contribution in [0.4, 0.5) is 0 Å². The van der Waals surface area contributed by atoms with Gasteiger partial charge in [-0.3, -0.25) is 0 Å². The van der Waals surface area contributed by atoms with E-state index >= 15 is 0 Å². The van der Waals surface area contributed by atoms with E-state index in [4.69, 9.17) is 0 Å². The summed E-state index contributed by atoms with van der Waals surface area (Å²) in [6.07, 6.45) is 0. The normalized spacial score (nSPS) is 0.462. The minimum atomic E-state index is 0. The molecule has 0 heterocycles. The fourth-order valence-corrected chi connectivity index (χ4v) is 0. The van der Waals surface area contributed by atoms with Gasteiger partial charge in [-0.2, -0.15) is 0 Å². The molecule has 0 bridgehead atoms. The molecule has 0 aliphatic heterocycles. The van der Waals surface area contributed by atoms with Gasteiger partial charge in [0.15, 0.2) is 0 Å². The van der Waals surface area contributed by atoms with Gasteiger partial charge in [-0.25, -0.2) is 0 Å². The third-order valence-corrected chi connectivity index (χ3v) is 0. The Morgan fingerprint density at radius 2 is 0.231 bits per heavy atom. The highest BCUT2D eigenvalue weighted by atomic mass is 13.0. The molecule has 0 aromatic heterocycles. The first kappa shape index (κ1) is 1870. The molecular weight excluding hydrogens is 156 g/mol. The Balaban J connectivity index is -0.0000000000909. The lowest BCUT2D eigenvalue weighted by atomic mass is 11.0. The first-order valence-corrected chi connectivity index (χ1v) is 1.00. The molecule has 13 heavy (non-hydrogen) atoms. The highest BCUT2D eigenvalue weighted by Crippen LogP contribution is 1.14. The van der Waals surface area contributed by atoms with Crippen molar-refractivity contribution in [1.29, 1.82) is 0 Å². The summed E-state index contributed by atoms with van der Waals surface area (Å²) in [5.41, 5.74) is 0. The molecule has 0 spiro atoms.